The molecule has 0 amide bonds. The molecule has 3 nitrogen and oxygen atoms in total. The number of carbonyl (C=O) groups is 1. The third-order valence-corrected chi connectivity index (χ3v) is 4.27. The van der Waals surface area contributed by atoms with Crippen molar-refractivity contribution in [2.75, 3.05) is 11.9 Å². The average molecular weight is 326 g/mol. The fraction of sp³-hybridized carbons (Fsp3) is 0.533. The van der Waals surface area contributed by atoms with Crippen molar-refractivity contribution in [3.05, 3.63) is 28.7 Å². The molecule has 104 valence electrons. The van der Waals surface area contributed by atoms with E-state index >= 15 is 0 Å². The molecule has 1 aromatic carbocycles. The van der Waals surface area contributed by atoms with E-state index in [4.69, 9.17) is 4.74 Å². The lowest BCUT2D eigenvalue weighted by Gasteiger charge is -2.28. The van der Waals surface area contributed by atoms with Gasteiger partial charge in [0.05, 0.1) is 12.5 Å². The molecule has 2 rings (SSSR count). The second-order valence-electron chi connectivity index (χ2n) is 4.92. The number of hydrogen-bond donors (Lipinski definition) is 1. The van der Waals surface area contributed by atoms with Gasteiger partial charge in [0.25, 0.3) is 0 Å². The van der Waals surface area contributed by atoms with E-state index in [9.17, 15) is 4.79 Å². The molecule has 1 fully saturated rings. The molecule has 1 aliphatic carbocycles. The third kappa shape index (κ3) is 3.96. The highest BCUT2D eigenvalue weighted by molar-refractivity contribution is 9.10. The fourth-order valence-electron chi connectivity index (χ4n) is 2.53. The number of halogens is 1. The molecule has 1 aromatic rings. The van der Waals surface area contributed by atoms with E-state index in [1.165, 1.54) is 0 Å². The normalized spacial score (nSPS) is 22.8. The maximum atomic E-state index is 11.7. The lowest BCUT2D eigenvalue weighted by atomic mass is 9.86. The number of rotatable bonds is 4. The molecule has 1 N–H and O–H groups in total. The van der Waals surface area contributed by atoms with Gasteiger partial charge in [-0.3, -0.25) is 4.79 Å². The van der Waals surface area contributed by atoms with Crippen LogP contribution in [0.1, 0.15) is 32.6 Å². The Morgan fingerprint density at radius 3 is 2.63 bits per heavy atom. The van der Waals surface area contributed by atoms with Gasteiger partial charge in [-0.05, 0) is 60.7 Å². The highest BCUT2D eigenvalue weighted by atomic mass is 79.9. The summed E-state index contributed by atoms with van der Waals surface area (Å²) in [5, 5.41) is 3.54. The summed E-state index contributed by atoms with van der Waals surface area (Å²) in [6, 6.07) is 8.59. The zero-order valence-corrected chi connectivity index (χ0v) is 12.8. The molecule has 0 heterocycles. The van der Waals surface area contributed by atoms with Crippen LogP contribution in [0.2, 0.25) is 0 Å². The standard InChI is InChI=1S/C15H20BrNO2/c1-2-19-15(18)11-7-9-12(10-8-11)17-14-6-4-3-5-13(14)16/h3-6,11-12,17H,2,7-10H2,1H3. The molecular formula is C15H20BrNO2. The van der Waals surface area contributed by atoms with Gasteiger partial charge < -0.3 is 10.1 Å². The molecule has 0 aromatic heterocycles. The molecule has 1 saturated carbocycles. The van der Waals surface area contributed by atoms with Crippen molar-refractivity contribution in [1.82, 2.24) is 0 Å². The smallest absolute Gasteiger partial charge is 0.308 e. The molecule has 0 atom stereocenters. The number of carbonyl (C=O) groups excluding carboxylic acids is 1. The van der Waals surface area contributed by atoms with E-state index in [0.717, 1.165) is 35.8 Å². The van der Waals surface area contributed by atoms with E-state index in [1.807, 2.05) is 25.1 Å². The summed E-state index contributed by atoms with van der Waals surface area (Å²) < 4.78 is 6.17. The van der Waals surface area contributed by atoms with Gasteiger partial charge in [-0.25, -0.2) is 0 Å². The lowest BCUT2D eigenvalue weighted by molar-refractivity contribution is -0.149. The minimum Gasteiger partial charge on any atom is -0.466 e. The maximum absolute atomic E-state index is 11.7. The van der Waals surface area contributed by atoms with E-state index < -0.39 is 0 Å². The molecule has 0 bridgehead atoms. The lowest BCUT2D eigenvalue weighted by Crippen LogP contribution is -2.30. The Morgan fingerprint density at radius 2 is 2.00 bits per heavy atom. The monoisotopic (exact) mass is 325 g/mol. The van der Waals surface area contributed by atoms with Gasteiger partial charge in [-0.2, -0.15) is 0 Å². The van der Waals surface area contributed by atoms with Crippen LogP contribution in [0.4, 0.5) is 5.69 Å². The van der Waals surface area contributed by atoms with Gasteiger partial charge in [-0.1, -0.05) is 12.1 Å². The molecule has 0 radical (unpaired) electrons. The first-order valence-corrected chi connectivity index (χ1v) is 7.67. The summed E-state index contributed by atoms with van der Waals surface area (Å²) in [5.74, 6) is 0.0686. The highest BCUT2D eigenvalue weighted by Gasteiger charge is 2.27. The SMILES string of the molecule is CCOC(=O)C1CCC(Nc2ccccc2Br)CC1. The minimum atomic E-state index is -0.0261. The second-order valence-corrected chi connectivity index (χ2v) is 5.78. The summed E-state index contributed by atoms with van der Waals surface area (Å²) in [4.78, 5) is 11.7. The second kappa shape index (κ2) is 6.94. The summed E-state index contributed by atoms with van der Waals surface area (Å²) in [6.45, 7) is 2.34. The first-order valence-electron chi connectivity index (χ1n) is 6.88. The summed E-state index contributed by atoms with van der Waals surface area (Å²) >= 11 is 3.54. The average Bonchev–Trinajstić information content (AvgIpc) is 2.42. The van der Waals surface area contributed by atoms with Gasteiger partial charge in [0.2, 0.25) is 0 Å². The van der Waals surface area contributed by atoms with E-state index in [-0.39, 0.29) is 11.9 Å². The van der Waals surface area contributed by atoms with Crippen molar-refractivity contribution >= 4 is 27.6 Å². The Hall–Kier alpha value is -1.03. The molecule has 19 heavy (non-hydrogen) atoms. The van der Waals surface area contributed by atoms with E-state index in [0.29, 0.717) is 12.6 Å². The first-order chi connectivity index (χ1) is 9.20. The van der Waals surface area contributed by atoms with Gasteiger partial charge >= 0.3 is 5.97 Å². The third-order valence-electron chi connectivity index (χ3n) is 3.58. The van der Waals surface area contributed by atoms with Crippen LogP contribution < -0.4 is 5.32 Å². The van der Waals surface area contributed by atoms with Crippen LogP contribution in [0, 0.1) is 5.92 Å². The Morgan fingerprint density at radius 1 is 1.32 bits per heavy atom. The highest BCUT2D eigenvalue weighted by Crippen LogP contribution is 2.29. The van der Waals surface area contributed by atoms with Crippen LogP contribution in [-0.2, 0) is 9.53 Å². The molecule has 0 saturated heterocycles. The first kappa shape index (κ1) is 14.4. The largest absolute Gasteiger partial charge is 0.466 e. The van der Waals surface area contributed by atoms with E-state index in [1.54, 1.807) is 0 Å². The van der Waals surface area contributed by atoms with Crippen LogP contribution in [0.3, 0.4) is 0 Å². The number of benzene rings is 1. The predicted octanol–water partition coefficient (Wildman–Crippen LogP) is 3.98. The zero-order valence-electron chi connectivity index (χ0n) is 11.2. The quantitative estimate of drug-likeness (QED) is 0.851. The predicted molar refractivity (Wildman–Crippen MR) is 80.1 cm³/mol. The zero-order chi connectivity index (χ0) is 13.7. The number of ether oxygens (including phenoxy) is 1. The van der Waals surface area contributed by atoms with Gasteiger partial charge in [-0.15, -0.1) is 0 Å². The van der Waals surface area contributed by atoms with Gasteiger partial charge in [0, 0.05) is 16.2 Å². The minimum absolute atomic E-state index is 0.0261. The summed E-state index contributed by atoms with van der Waals surface area (Å²) in [5.41, 5.74) is 1.13. The van der Waals surface area contributed by atoms with Gasteiger partial charge in [0.15, 0.2) is 0 Å². The van der Waals surface area contributed by atoms with Crippen molar-refractivity contribution in [3.63, 3.8) is 0 Å². The van der Waals surface area contributed by atoms with Crippen LogP contribution in [0.25, 0.3) is 0 Å². The van der Waals surface area contributed by atoms with Crippen molar-refractivity contribution in [3.8, 4) is 0 Å². The van der Waals surface area contributed by atoms with Crippen LogP contribution >= 0.6 is 15.9 Å². The molecule has 1 aliphatic rings. The Balaban J connectivity index is 1.84. The number of hydrogen-bond acceptors (Lipinski definition) is 3. The van der Waals surface area contributed by atoms with E-state index in [2.05, 4.69) is 27.3 Å². The number of anilines is 1. The van der Waals surface area contributed by atoms with Crippen LogP contribution in [0.5, 0.6) is 0 Å². The Kier molecular flexibility index (Phi) is 5.25. The van der Waals surface area contributed by atoms with Gasteiger partial charge in [0.1, 0.15) is 0 Å². The topological polar surface area (TPSA) is 38.3 Å². The molecule has 4 heteroatoms. The number of esters is 1. The van der Waals surface area contributed by atoms with Crippen molar-refractivity contribution in [1.29, 1.82) is 0 Å². The number of nitrogens with one attached hydrogen (secondary N) is 1. The number of para-hydroxylation sites is 1. The molecule has 0 unspecified atom stereocenters. The van der Waals surface area contributed by atoms with Crippen molar-refractivity contribution < 1.29 is 9.53 Å². The maximum Gasteiger partial charge on any atom is 0.308 e. The van der Waals surface area contributed by atoms with Crippen LogP contribution in [-0.4, -0.2) is 18.6 Å². The Bertz CT molecular complexity index is 428. The summed E-state index contributed by atoms with van der Waals surface area (Å²) in [7, 11) is 0. The van der Waals surface area contributed by atoms with Crippen LogP contribution in [0.15, 0.2) is 28.7 Å². The Labute approximate surface area is 122 Å². The molecule has 0 spiro atoms. The molecule has 0 aliphatic heterocycles. The van der Waals surface area contributed by atoms with Crippen molar-refractivity contribution in [2.45, 2.75) is 38.6 Å². The molecular weight excluding hydrogens is 306 g/mol. The van der Waals surface area contributed by atoms with Crippen molar-refractivity contribution in [2.24, 2.45) is 5.92 Å². The summed E-state index contributed by atoms with van der Waals surface area (Å²) in [6.07, 6.45) is 3.87. The fourth-order valence-corrected chi connectivity index (χ4v) is 2.93.